The van der Waals surface area contributed by atoms with Crippen LogP contribution >= 0.6 is 0 Å². The van der Waals surface area contributed by atoms with Gasteiger partial charge in [-0.15, -0.1) is 0 Å². The molecule has 134 valence electrons. The highest BCUT2D eigenvalue weighted by Gasteiger charge is 2.11. The van der Waals surface area contributed by atoms with Crippen molar-refractivity contribution in [2.45, 2.75) is 17.7 Å². The maximum atomic E-state index is 12.3. The van der Waals surface area contributed by atoms with Crippen LogP contribution in [0.2, 0.25) is 0 Å². The van der Waals surface area contributed by atoms with E-state index >= 15 is 0 Å². The third kappa shape index (κ3) is 4.09. The van der Waals surface area contributed by atoms with E-state index in [1.165, 1.54) is 7.05 Å². The Morgan fingerprint density at radius 2 is 1.62 bits per heavy atom. The molecule has 3 aromatic rings. The van der Waals surface area contributed by atoms with Crippen LogP contribution in [0.4, 0.5) is 5.69 Å². The van der Waals surface area contributed by atoms with Gasteiger partial charge in [0, 0.05) is 17.5 Å². The van der Waals surface area contributed by atoms with Gasteiger partial charge in [-0.3, -0.25) is 4.79 Å². The number of amides is 1. The summed E-state index contributed by atoms with van der Waals surface area (Å²) >= 11 is 0. The number of nitrogens with one attached hydrogen (secondary N) is 2. The largest absolute Gasteiger partial charge is 0.326 e. The smallest absolute Gasteiger partial charge is 0.240 e. The summed E-state index contributed by atoms with van der Waals surface area (Å²) in [6.07, 6.45) is 0.859. The molecule has 1 amide bonds. The lowest BCUT2D eigenvalue weighted by Crippen LogP contribution is -2.18. The maximum absolute atomic E-state index is 12.3. The van der Waals surface area contributed by atoms with Gasteiger partial charge in [-0.25, -0.2) is 13.1 Å². The SMILES string of the molecule is CNS(=O)(=O)c1ccc(CCC(=O)Nc2cccc3ccccc23)cc1. The molecule has 0 heterocycles. The molecule has 0 saturated carbocycles. The minimum Gasteiger partial charge on any atom is -0.326 e. The fourth-order valence-electron chi connectivity index (χ4n) is 2.76. The van der Waals surface area contributed by atoms with Crippen molar-refractivity contribution < 1.29 is 13.2 Å². The van der Waals surface area contributed by atoms with Crippen molar-refractivity contribution in [1.82, 2.24) is 4.72 Å². The Morgan fingerprint density at radius 3 is 2.35 bits per heavy atom. The molecule has 0 aliphatic carbocycles. The van der Waals surface area contributed by atoms with Gasteiger partial charge < -0.3 is 5.32 Å². The van der Waals surface area contributed by atoms with Gasteiger partial charge >= 0.3 is 0 Å². The van der Waals surface area contributed by atoms with Crippen molar-refractivity contribution in [1.29, 1.82) is 0 Å². The number of anilines is 1. The van der Waals surface area contributed by atoms with Crippen LogP contribution in [0.5, 0.6) is 0 Å². The molecule has 0 fully saturated rings. The normalized spacial score (nSPS) is 11.4. The summed E-state index contributed by atoms with van der Waals surface area (Å²) in [6.45, 7) is 0. The zero-order chi connectivity index (χ0) is 18.6. The Balaban J connectivity index is 1.64. The number of rotatable bonds is 6. The lowest BCUT2D eigenvalue weighted by atomic mass is 10.1. The Labute approximate surface area is 153 Å². The Bertz CT molecular complexity index is 1020. The third-order valence-corrected chi connectivity index (χ3v) is 5.64. The summed E-state index contributed by atoms with van der Waals surface area (Å²) in [5.74, 6) is -0.0757. The first kappa shape index (κ1) is 18.1. The molecule has 0 bridgehead atoms. The van der Waals surface area contributed by atoms with Crippen LogP contribution in [0.25, 0.3) is 10.8 Å². The van der Waals surface area contributed by atoms with Crippen LogP contribution in [0, 0.1) is 0 Å². The van der Waals surface area contributed by atoms with Gasteiger partial charge in [-0.1, -0.05) is 48.5 Å². The molecular formula is C20H20N2O3S. The highest BCUT2D eigenvalue weighted by atomic mass is 32.2. The zero-order valence-corrected chi connectivity index (χ0v) is 15.2. The van der Waals surface area contributed by atoms with E-state index in [2.05, 4.69) is 10.0 Å². The monoisotopic (exact) mass is 368 g/mol. The molecule has 0 spiro atoms. The van der Waals surface area contributed by atoms with E-state index in [1.54, 1.807) is 24.3 Å². The minimum absolute atomic E-state index is 0.0757. The summed E-state index contributed by atoms with van der Waals surface area (Å²) in [5.41, 5.74) is 1.71. The Kier molecular flexibility index (Phi) is 5.35. The number of aryl methyl sites for hydroxylation is 1. The molecule has 6 heteroatoms. The van der Waals surface area contributed by atoms with E-state index in [1.807, 2.05) is 42.5 Å². The van der Waals surface area contributed by atoms with E-state index in [0.29, 0.717) is 12.8 Å². The molecular weight excluding hydrogens is 348 g/mol. The van der Waals surface area contributed by atoms with Crippen molar-refractivity contribution in [2.24, 2.45) is 0 Å². The summed E-state index contributed by atoms with van der Waals surface area (Å²) < 4.78 is 25.7. The number of sulfonamides is 1. The standard InChI is InChI=1S/C20H20N2O3S/c1-21-26(24,25)17-12-9-15(10-13-17)11-14-20(23)22-19-8-4-6-16-5-2-3-7-18(16)19/h2-10,12-13,21H,11,14H2,1H3,(H,22,23). The van der Waals surface area contributed by atoms with Crippen LogP contribution in [-0.4, -0.2) is 21.4 Å². The van der Waals surface area contributed by atoms with Gasteiger partial charge in [-0.05, 0) is 42.6 Å². The van der Waals surface area contributed by atoms with E-state index < -0.39 is 10.0 Å². The zero-order valence-electron chi connectivity index (χ0n) is 14.4. The highest BCUT2D eigenvalue weighted by molar-refractivity contribution is 7.89. The lowest BCUT2D eigenvalue weighted by molar-refractivity contribution is -0.116. The number of benzene rings is 3. The molecule has 3 aromatic carbocycles. The van der Waals surface area contributed by atoms with Crippen molar-refractivity contribution in [3.05, 3.63) is 72.3 Å². The van der Waals surface area contributed by atoms with Gasteiger partial charge in [0.1, 0.15) is 0 Å². The molecule has 0 aromatic heterocycles. The second-order valence-electron chi connectivity index (χ2n) is 5.93. The van der Waals surface area contributed by atoms with Gasteiger partial charge in [0.25, 0.3) is 0 Å². The topological polar surface area (TPSA) is 75.3 Å². The fourth-order valence-corrected chi connectivity index (χ4v) is 3.49. The number of hydrogen-bond donors (Lipinski definition) is 2. The average Bonchev–Trinajstić information content (AvgIpc) is 2.67. The van der Waals surface area contributed by atoms with E-state index in [0.717, 1.165) is 22.0 Å². The molecule has 0 radical (unpaired) electrons. The van der Waals surface area contributed by atoms with Crippen molar-refractivity contribution in [3.8, 4) is 0 Å². The van der Waals surface area contributed by atoms with Crippen molar-refractivity contribution in [2.75, 3.05) is 12.4 Å². The highest BCUT2D eigenvalue weighted by Crippen LogP contribution is 2.23. The summed E-state index contributed by atoms with van der Waals surface area (Å²) in [4.78, 5) is 12.5. The molecule has 0 atom stereocenters. The fraction of sp³-hybridized carbons (Fsp3) is 0.150. The number of fused-ring (bicyclic) bond motifs is 1. The Hall–Kier alpha value is -2.70. The second-order valence-corrected chi connectivity index (χ2v) is 7.81. The molecule has 26 heavy (non-hydrogen) atoms. The van der Waals surface area contributed by atoms with Crippen LogP contribution in [0.3, 0.4) is 0 Å². The predicted molar refractivity (Wildman–Crippen MR) is 104 cm³/mol. The van der Waals surface area contributed by atoms with E-state index in [9.17, 15) is 13.2 Å². The van der Waals surface area contributed by atoms with Gasteiger partial charge in [0.2, 0.25) is 15.9 Å². The van der Waals surface area contributed by atoms with Crippen LogP contribution in [-0.2, 0) is 21.2 Å². The van der Waals surface area contributed by atoms with E-state index in [4.69, 9.17) is 0 Å². The first-order chi connectivity index (χ1) is 12.5. The lowest BCUT2D eigenvalue weighted by Gasteiger charge is -2.09. The minimum atomic E-state index is -3.44. The molecule has 0 aliphatic heterocycles. The summed E-state index contributed by atoms with van der Waals surface area (Å²) in [6, 6.07) is 20.3. The quantitative estimate of drug-likeness (QED) is 0.701. The van der Waals surface area contributed by atoms with E-state index in [-0.39, 0.29) is 10.8 Å². The molecule has 2 N–H and O–H groups in total. The van der Waals surface area contributed by atoms with Crippen molar-refractivity contribution in [3.63, 3.8) is 0 Å². The van der Waals surface area contributed by atoms with Crippen LogP contribution in [0.15, 0.2) is 71.6 Å². The maximum Gasteiger partial charge on any atom is 0.240 e. The van der Waals surface area contributed by atoms with Crippen LogP contribution < -0.4 is 10.0 Å². The summed E-state index contributed by atoms with van der Waals surface area (Å²) in [7, 11) is -2.06. The summed E-state index contributed by atoms with van der Waals surface area (Å²) in [5, 5.41) is 5.04. The number of carbonyl (C=O) groups excluding carboxylic acids is 1. The molecule has 0 saturated heterocycles. The second kappa shape index (κ2) is 7.68. The average molecular weight is 368 g/mol. The number of carbonyl (C=O) groups is 1. The third-order valence-electron chi connectivity index (χ3n) is 4.21. The predicted octanol–water partition coefficient (Wildman–Crippen LogP) is 3.32. The van der Waals surface area contributed by atoms with Gasteiger partial charge in [-0.2, -0.15) is 0 Å². The van der Waals surface area contributed by atoms with Crippen LogP contribution in [0.1, 0.15) is 12.0 Å². The Morgan fingerprint density at radius 1 is 0.923 bits per heavy atom. The number of hydrogen-bond acceptors (Lipinski definition) is 3. The molecule has 5 nitrogen and oxygen atoms in total. The van der Waals surface area contributed by atoms with Gasteiger partial charge in [0.15, 0.2) is 0 Å². The molecule has 0 aliphatic rings. The molecule has 0 unspecified atom stereocenters. The van der Waals surface area contributed by atoms with Gasteiger partial charge in [0.05, 0.1) is 4.90 Å². The van der Waals surface area contributed by atoms with Crippen molar-refractivity contribution >= 4 is 32.4 Å². The first-order valence-corrected chi connectivity index (χ1v) is 9.78. The molecule has 3 rings (SSSR count). The first-order valence-electron chi connectivity index (χ1n) is 8.30.